The van der Waals surface area contributed by atoms with E-state index in [4.69, 9.17) is 28.9 Å². The summed E-state index contributed by atoms with van der Waals surface area (Å²) in [6.07, 6.45) is 0. The molecule has 1 rings (SSSR count). The second-order valence-corrected chi connectivity index (χ2v) is 3.98. The van der Waals surface area contributed by atoms with Gasteiger partial charge in [0, 0.05) is 5.69 Å². The van der Waals surface area contributed by atoms with E-state index in [1.54, 1.807) is 6.07 Å². The third kappa shape index (κ3) is 2.16. The SMILES string of the molecule is CC(C)c1cc(Cl)c(C(N)=O)c(Cl)n1. The van der Waals surface area contributed by atoms with Gasteiger partial charge in [0.2, 0.25) is 0 Å². The Balaban J connectivity index is 3.32. The van der Waals surface area contributed by atoms with Crippen LogP contribution in [0.5, 0.6) is 0 Å². The van der Waals surface area contributed by atoms with Gasteiger partial charge >= 0.3 is 0 Å². The topological polar surface area (TPSA) is 56.0 Å². The van der Waals surface area contributed by atoms with Crippen LogP contribution < -0.4 is 5.73 Å². The van der Waals surface area contributed by atoms with Crippen LogP contribution >= 0.6 is 23.2 Å². The van der Waals surface area contributed by atoms with E-state index in [0.29, 0.717) is 0 Å². The van der Waals surface area contributed by atoms with Crippen molar-refractivity contribution in [2.24, 2.45) is 5.73 Å². The molecule has 1 aromatic rings. The minimum absolute atomic E-state index is 0.0636. The lowest BCUT2D eigenvalue weighted by atomic mass is 10.1. The molecule has 0 fully saturated rings. The molecule has 5 heteroatoms. The molecule has 0 radical (unpaired) electrons. The van der Waals surface area contributed by atoms with E-state index in [1.165, 1.54) is 0 Å². The molecule has 0 aliphatic rings. The molecule has 0 bridgehead atoms. The quantitative estimate of drug-likeness (QED) is 0.798. The number of rotatable bonds is 2. The molecule has 0 aliphatic heterocycles. The first kappa shape index (κ1) is 11.3. The summed E-state index contributed by atoms with van der Waals surface area (Å²) in [5.41, 5.74) is 5.92. The van der Waals surface area contributed by atoms with Gasteiger partial charge in [0.05, 0.1) is 10.6 Å². The number of aromatic nitrogens is 1. The van der Waals surface area contributed by atoms with Crippen molar-refractivity contribution in [1.82, 2.24) is 4.98 Å². The molecule has 2 N–H and O–H groups in total. The highest BCUT2D eigenvalue weighted by Gasteiger charge is 2.15. The van der Waals surface area contributed by atoms with E-state index < -0.39 is 5.91 Å². The number of hydrogen-bond donors (Lipinski definition) is 1. The smallest absolute Gasteiger partial charge is 0.253 e. The maximum atomic E-state index is 10.9. The lowest BCUT2D eigenvalue weighted by Crippen LogP contribution is -2.13. The van der Waals surface area contributed by atoms with Gasteiger partial charge in [0.25, 0.3) is 5.91 Å². The number of nitrogens with two attached hydrogens (primary N) is 1. The van der Waals surface area contributed by atoms with Crippen LogP contribution in [0.1, 0.15) is 35.8 Å². The number of hydrogen-bond acceptors (Lipinski definition) is 2. The summed E-state index contributed by atoms with van der Waals surface area (Å²) in [6.45, 7) is 3.91. The zero-order valence-electron chi connectivity index (χ0n) is 7.84. The third-order valence-corrected chi connectivity index (χ3v) is 2.36. The molecule has 0 aliphatic carbocycles. The molecular weight excluding hydrogens is 223 g/mol. The molecule has 1 heterocycles. The van der Waals surface area contributed by atoms with Crippen molar-refractivity contribution in [2.75, 3.05) is 0 Å². The Kier molecular flexibility index (Phi) is 3.34. The average Bonchev–Trinajstić information content (AvgIpc) is 2.01. The maximum Gasteiger partial charge on any atom is 0.253 e. The van der Waals surface area contributed by atoms with Crippen molar-refractivity contribution in [2.45, 2.75) is 19.8 Å². The zero-order chi connectivity index (χ0) is 10.9. The molecule has 3 nitrogen and oxygen atoms in total. The number of pyridine rings is 1. The van der Waals surface area contributed by atoms with Gasteiger partial charge in [-0.15, -0.1) is 0 Å². The zero-order valence-corrected chi connectivity index (χ0v) is 9.36. The minimum Gasteiger partial charge on any atom is -0.365 e. The van der Waals surface area contributed by atoms with Gasteiger partial charge in [-0.2, -0.15) is 0 Å². The number of carbonyl (C=O) groups is 1. The van der Waals surface area contributed by atoms with Crippen molar-refractivity contribution < 1.29 is 4.79 Å². The van der Waals surface area contributed by atoms with Crippen LogP contribution in [0.4, 0.5) is 0 Å². The summed E-state index contributed by atoms with van der Waals surface area (Å²) in [4.78, 5) is 15.0. The maximum absolute atomic E-state index is 10.9. The number of halogens is 2. The van der Waals surface area contributed by atoms with E-state index in [1.807, 2.05) is 13.8 Å². The van der Waals surface area contributed by atoms with Gasteiger partial charge < -0.3 is 5.73 Å². The largest absolute Gasteiger partial charge is 0.365 e. The number of nitrogens with zero attached hydrogens (tertiary/aromatic N) is 1. The molecule has 76 valence electrons. The Labute approximate surface area is 92.2 Å². The van der Waals surface area contributed by atoms with E-state index in [0.717, 1.165) is 5.69 Å². The van der Waals surface area contributed by atoms with E-state index >= 15 is 0 Å². The van der Waals surface area contributed by atoms with Crippen LogP contribution in [-0.4, -0.2) is 10.9 Å². The first-order chi connectivity index (χ1) is 6.43. The molecule has 0 atom stereocenters. The predicted octanol–water partition coefficient (Wildman–Crippen LogP) is 2.61. The number of primary amides is 1. The van der Waals surface area contributed by atoms with Gasteiger partial charge in [0.15, 0.2) is 0 Å². The monoisotopic (exact) mass is 232 g/mol. The minimum atomic E-state index is -0.664. The van der Waals surface area contributed by atoms with Crippen LogP contribution in [0.25, 0.3) is 0 Å². The molecule has 0 saturated heterocycles. The summed E-state index contributed by atoms with van der Waals surface area (Å²) in [5, 5.41) is 0.315. The summed E-state index contributed by atoms with van der Waals surface area (Å²) in [5.74, 6) is -0.463. The van der Waals surface area contributed by atoms with E-state index in [2.05, 4.69) is 4.98 Å². The van der Waals surface area contributed by atoms with Crippen molar-refractivity contribution in [3.05, 3.63) is 27.5 Å². The highest BCUT2D eigenvalue weighted by atomic mass is 35.5. The normalized spacial score (nSPS) is 10.6. The van der Waals surface area contributed by atoms with E-state index in [-0.39, 0.29) is 21.7 Å². The molecule has 1 aromatic heterocycles. The summed E-state index contributed by atoms with van der Waals surface area (Å²) in [7, 11) is 0. The molecule has 0 spiro atoms. The van der Waals surface area contributed by atoms with Crippen LogP contribution in [-0.2, 0) is 0 Å². The van der Waals surface area contributed by atoms with Crippen molar-refractivity contribution >= 4 is 29.1 Å². The molecule has 1 amide bonds. The summed E-state index contributed by atoms with van der Waals surface area (Å²) >= 11 is 11.6. The Bertz CT molecular complexity index is 354. The first-order valence-corrected chi connectivity index (χ1v) is 4.84. The lowest BCUT2D eigenvalue weighted by molar-refractivity contribution is 0.1000. The highest BCUT2D eigenvalue weighted by molar-refractivity contribution is 6.38. The van der Waals surface area contributed by atoms with Crippen molar-refractivity contribution in [3.63, 3.8) is 0 Å². The van der Waals surface area contributed by atoms with E-state index in [9.17, 15) is 4.79 Å². The Morgan fingerprint density at radius 3 is 2.43 bits per heavy atom. The predicted molar refractivity (Wildman–Crippen MR) is 56.9 cm³/mol. The molecule has 14 heavy (non-hydrogen) atoms. The third-order valence-electron chi connectivity index (χ3n) is 1.78. The van der Waals surface area contributed by atoms with Crippen LogP contribution in [0, 0.1) is 0 Å². The fraction of sp³-hybridized carbons (Fsp3) is 0.333. The Hall–Kier alpha value is -0.800. The second-order valence-electron chi connectivity index (χ2n) is 3.21. The summed E-state index contributed by atoms with van der Waals surface area (Å²) in [6, 6.07) is 1.61. The standard InChI is InChI=1S/C9H10Cl2N2O/c1-4(2)6-3-5(10)7(9(12)14)8(11)13-6/h3-4H,1-2H3,(H2,12,14). The van der Waals surface area contributed by atoms with Crippen molar-refractivity contribution in [1.29, 1.82) is 0 Å². The molecule has 0 saturated carbocycles. The Morgan fingerprint density at radius 1 is 1.50 bits per heavy atom. The number of carbonyl (C=O) groups excluding carboxylic acids is 1. The van der Waals surface area contributed by atoms with Gasteiger partial charge in [-0.1, -0.05) is 37.0 Å². The second kappa shape index (κ2) is 4.15. The van der Waals surface area contributed by atoms with Gasteiger partial charge in [0.1, 0.15) is 5.15 Å². The number of amides is 1. The van der Waals surface area contributed by atoms with Crippen LogP contribution in [0.3, 0.4) is 0 Å². The highest BCUT2D eigenvalue weighted by Crippen LogP contribution is 2.26. The van der Waals surface area contributed by atoms with Crippen LogP contribution in [0.15, 0.2) is 6.07 Å². The van der Waals surface area contributed by atoms with Gasteiger partial charge in [-0.25, -0.2) is 4.98 Å². The van der Waals surface area contributed by atoms with Crippen LogP contribution in [0.2, 0.25) is 10.2 Å². The fourth-order valence-electron chi connectivity index (χ4n) is 1.02. The summed E-state index contributed by atoms with van der Waals surface area (Å²) < 4.78 is 0. The fourth-order valence-corrected chi connectivity index (χ4v) is 1.65. The Morgan fingerprint density at radius 2 is 2.07 bits per heavy atom. The first-order valence-electron chi connectivity index (χ1n) is 4.09. The van der Waals surface area contributed by atoms with Crippen molar-refractivity contribution in [3.8, 4) is 0 Å². The molecule has 0 unspecified atom stereocenters. The molecule has 0 aromatic carbocycles. The lowest BCUT2D eigenvalue weighted by Gasteiger charge is -2.08. The van der Waals surface area contributed by atoms with Gasteiger partial charge in [-0.05, 0) is 12.0 Å². The van der Waals surface area contributed by atoms with Gasteiger partial charge in [-0.3, -0.25) is 4.79 Å². The molecular formula is C9H10Cl2N2O. The average molecular weight is 233 g/mol.